The summed E-state index contributed by atoms with van der Waals surface area (Å²) in [5.41, 5.74) is 10.3. The molecule has 1 aliphatic rings. The van der Waals surface area contributed by atoms with Gasteiger partial charge in [0.1, 0.15) is 6.54 Å². The van der Waals surface area contributed by atoms with Gasteiger partial charge in [-0.2, -0.15) is 0 Å². The largest absolute Gasteiger partial charge is 0.493 e. The van der Waals surface area contributed by atoms with Gasteiger partial charge in [-0.3, -0.25) is 14.6 Å². The second-order valence-corrected chi connectivity index (χ2v) is 7.33. The maximum atomic E-state index is 12.7. The minimum Gasteiger partial charge on any atom is -0.493 e. The van der Waals surface area contributed by atoms with Crippen LogP contribution in [0, 0.1) is 0 Å². The molecular weight excluding hydrogens is 406 g/mol. The van der Waals surface area contributed by atoms with E-state index in [1.807, 2.05) is 36.4 Å². The summed E-state index contributed by atoms with van der Waals surface area (Å²) in [6.45, 7) is -0.0415. The summed E-state index contributed by atoms with van der Waals surface area (Å²) in [4.78, 5) is 30.9. The van der Waals surface area contributed by atoms with E-state index in [0.717, 1.165) is 11.1 Å². The van der Waals surface area contributed by atoms with Gasteiger partial charge in [0.05, 0.1) is 25.6 Å². The van der Waals surface area contributed by atoms with E-state index in [2.05, 4.69) is 4.99 Å². The smallest absolute Gasteiger partial charge is 0.248 e. The second kappa shape index (κ2) is 8.55. The van der Waals surface area contributed by atoms with Crippen molar-refractivity contribution in [3.63, 3.8) is 0 Å². The van der Waals surface area contributed by atoms with E-state index in [0.29, 0.717) is 39.6 Å². The maximum Gasteiger partial charge on any atom is 0.248 e. The monoisotopic (exact) mass is 429 g/mol. The molecule has 0 saturated heterocycles. The number of methoxy groups -OCH3 is 2. The van der Waals surface area contributed by atoms with Crippen LogP contribution in [0.25, 0.3) is 11.1 Å². The second-order valence-electron chi connectivity index (χ2n) is 7.33. The number of amides is 2. The molecule has 0 bridgehead atoms. The number of carbonyl (C=O) groups is 2. The molecule has 0 aliphatic carbocycles. The molecule has 4 rings (SSSR count). The maximum absolute atomic E-state index is 12.7. The first-order valence-electron chi connectivity index (χ1n) is 10.0. The van der Waals surface area contributed by atoms with Gasteiger partial charge in [-0.25, -0.2) is 0 Å². The molecule has 0 atom stereocenters. The number of ether oxygens (including phenoxy) is 2. The molecule has 1 heterocycles. The van der Waals surface area contributed by atoms with E-state index < -0.39 is 5.91 Å². The topological polar surface area (TPSA) is 94.2 Å². The normalized spacial score (nSPS) is 13.2. The standard InChI is InChI=1S/C25H23N3O4/c1-28-20-13-22(32-3)21(31-2)12-19(20)24(27-14-23(28)29)18-11-16(25(26)30)9-10-17(18)15-7-5-4-6-8-15/h4-13H,14H2,1-3H3,(H2,26,30). The van der Waals surface area contributed by atoms with Crippen molar-refractivity contribution < 1.29 is 19.1 Å². The van der Waals surface area contributed by atoms with Crippen LogP contribution in [0.3, 0.4) is 0 Å². The van der Waals surface area contributed by atoms with Gasteiger partial charge in [-0.15, -0.1) is 0 Å². The molecule has 2 amide bonds. The number of primary amides is 1. The molecule has 7 nitrogen and oxygen atoms in total. The highest BCUT2D eigenvalue weighted by Gasteiger charge is 2.27. The molecule has 0 saturated carbocycles. The number of likely N-dealkylation sites (N-methyl/N-ethyl adjacent to an activating group) is 1. The number of hydrogen-bond acceptors (Lipinski definition) is 5. The summed E-state index contributed by atoms with van der Waals surface area (Å²) in [7, 11) is 4.79. The lowest BCUT2D eigenvalue weighted by Gasteiger charge is -2.21. The highest BCUT2D eigenvalue weighted by Crippen LogP contribution is 2.38. The quantitative estimate of drug-likeness (QED) is 0.673. The number of rotatable bonds is 5. The van der Waals surface area contributed by atoms with E-state index in [-0.39, 0.29) is 12.5 Å². The summed E-state index contributed by atoms with van der Waals surface area (Å²) in [6.07, 6.45) is 0. The van der Waals surface area contributed by atoms with Crippen molar-refractivity contribution >= 4 is 23.2 Å². The van der Waals surface area contributed by atoms with E-state index in [1.54, 1.807) is 50.4 Å². The Balaban J connectivity index is 2.03. The van der Waals surface area contributed by atoms with Crippen LogP contribution in [0.1, 0.15) is 21.5 Å². The van der Waals surface area contributed by atoms with Crippen LogP contribution in [0.15, 0.2) is 65.7 Å². The highest BCUT2D eigenvalue weighted by atomic mass is 16.5. The first kappa shape index (κ1) is 21.1. The number of aliphatic imine (C=N–C) groups is 1. The van der Waals surface area contributed by atoms with Crippen molar-refractivity contribution in [2.75, 3.05) is 32.7 Å². The Morgan fingerprint density at radius 2 is 1.62 bits per heavy atom. The van der Waals surface area contributed by atoms with Crippen LogP contribution in [-0.4, -0.2) is 45.3 Å². The third-order valence-electron chi connectivity index (χ3n) is 5.51. The van der Waals surface area contributed by atoms with E-state index in [4.69, 9.17) is 15.2 Å². The summed E-state index contributed by atoms with van der Waals surface area (Å²) in [5.74, 6) is 0.303. The Morgan fingerprint density at radius 1 is 0.938 bits per heavy atom. The van der Waals surface area contributed by atoms with Crippen LogP contribution in [0.2, 0.25) is 0 Å². The lowest BCUT2D eigenvalue weighted by molar-refractivity contribution is -0.116. The molecule has 32 heavy (non-hydrogen) atoms. The lowest BCUT2D eigenvalue weighted by atomic mass is 9.90. The predicted molar refractivity (Wildman–Crippen MR) is 124 cm³/mol. The molecule has 162 valence electrons. The number of benzodiazepines with no additional fused rings is 1. The summed E-state index contributed by atoms with van der Waals surface area (Å²) in [5, 5.41) is 0. The van der Waals surface area contributed by atoms with Crippen LogP contribution in [0.4, 0.5) is 5.69 Å². The van der Waals surface area contributed by atoms with Gasteiger partial charge in [-0.1, -0.05) is 36.4 Å². The van der Waals surface area contributed by atoms with Crippen molar-refractivity contribution in [3.05, 3.63) is 77.4 Å². The van der Waals surface area contributed by atoms with Crippen molar-refractivity contribution in [1.29, 1.82) is 0 Å². The molecule has 0 radical (unpaired) electrons. The van der Waals surface area contributed by atoms with E-state index >= 15 is 0 Å². The van der Waals surface area contributed by atoms with Gasteiger partial charge < -0.3 is 20.1 Å². The molecule has 1 aliphatic heterocycles. The number of hydrogen-bond donors (Lipinski definition) is 1. The van der Waals surface area contributed by atoms with Gasteiger partial charge in [-0.05, 0) is 29.3 Å². The number of nitrogens with zero attached hydrogens (tertiary/aromatic N) is 2. The van der Waals surface area contributed by atoms with Crippen LogP contribution in [-0.2, 0) is 4.79 Å². The van der Waals surface area contributed by atoms with Gasteiger partial charge in [0.25, 0.3) is 0 Å². The number of benzene rings is 3. The molecule has 0 spiro atoms. The summed E-state index contributed by atoms with van der Waals surface area (Å²) < 4.78 is 11.0. The van der Waals surface area contributed by atoms with Crippen molar-refractivity contribution in [2.45, 2.75) is 0 Å². The first-order valence-corrected chi connectivity index (χ1v) is 10.0. The Hall–Kier alpha value is -4.13. The van der Waals surface area contributed by atoms with Crippen LogP contribution in [0.5, 0.6) is 11.5 Å². The first-order chi connectivity index (χ1) is 15.4. The number of carbonyl (C=O) groups excluding carboxylic acids is 2. The van der Waals surface area contributed by atoms with Crippen LogP contribution < -0.4 is 20.1 Å². The molecule has 3 aromatic carbocycles. The lowest BCUT2D eigenvalue weighted by Crippen LogP contribution is -2.27. The fraction of sp³-hybridized carbons (Fsp3) is 0.160. The van der Waals surface area contributed by atoms with Crippen molar-refractivity contribution in [2.24, 2.45) is 10.7 Å². The van der Waals surface area contributed by atoms with Gasteiger partial charge >= 0.3 is 0 Å². The number of fused-ring (bicyclic) bond motifs is 1. The van der Waals surface area contributed by atoms with E-state index in [9.17, 15) is 9.59 Å². The van der Waals surface area contributed by atoms with Crippen molar-refractivity contribution in [3.8, 4) is 22.6 Å². The fourth-order valence-corrected chi connectivity index (χ4v) is 3.80. The van der Waals surface area contributed by atoms with Crippen molar-refractivity contribution in [1.82, 2.24) is 0 Å². The fourth-order valence-electron chi connectivity index (χ4n) is 3.80. The Morgan fingerprint density at radius 3 is 2.28 bits per heavy atom. The average molecular weight is 429 g/mol. The molecule has 0 unspecified atom stereocenters. The SMILES string of the molecule is COc1cc2c(cc1OC)N(C)C(=O)CN=C2c1cc(C(N)=O)ccc1-c1ccccc1. The highest BCUT2D eigenvalue weighted by molar-refractivity contribution is 6.22. The number of anilines is 1. The van der Waals surface area contributed by atoms with Crippen LogP contribution >= 0.6 is 0 Å². The molecule has 0 aromatic heterocycles. The third kappa shape index (κ3) is 3.69. The Bertz CT molecular complexity index is 1240. The zero-order valence-corrected chi connectivity index (χ0v) is 18.1. The average Bonchev–Trinajstić information content (AvgIpc) is 2.94. The zero-order chi connectivity index (χ0) is 22.8. The van der Waals surface area contributed by atoms with Gasteiger partial charge in [0.15, 0.2) is 11.5 Å². The molecule has 7 heteroatoms. The predicted octanol–water partition coefficient (Wildman–Crippen LogP) is 3.28. The summed E-state index contributed by atoms with van der Waals surface area (Å²) in [6, 6.07) is 18.6. The van der Waals surface area contributed by atoms with Gasteiger partial charge in [0.2, 0.25) is 11.8 Å². The minimum absolute atomic E-state index is 0.0415. The Labute approximate surface area is 186 Å². The molecular formula is C25H23N3O4. The third-order valence-corrected chi connectivity index (χ3v) is 5.51. The molecule has 2 N–H and O–H groups in total. The summed E-state index contributed by atoms with van der Waals surface area (Å²) >= 11 is 0. The Kier molecular flexibility index (Phi) is 5.64. The molecule has 0 fully saturated rings. The zero-order valence-electron chi connectivity index (χ0n) is 18.1. The van der Waals surface area contributed by atoms with E-state index in [1.165, 1.54) is 0 Å². The molecule has 3 aromatic rings. The number of nitrogens with two attached hydrogens (primary N) is 1. The van der Waals surface area contributed by atoms with Gasteiger partial charge in [0, 0.05) is 29.8 Å². The minimum atomic E-state index is -0.541.